The van der Waals surface area contributed by atoms with Crippen molar-refractivity contribution < 1.29 is 5.11 Å². The minimum absolute atomic E-state index is 0.119. The van der Waals surface area contributed by atoms with Crippen LogP contribution >= 0.6 is 0 Å². The van der Waals surface area contributed by atoms with Gasteiger partial charge in [-0.05, 0) is 55.9 Å². The first-order valence-corrected chi connectivity index (χ1v) is 11.6. The number of nitrogens with one attached hydrogen (secondary N) is 1. The van der Waals surface area contributed by atoms with E-state index in [2.05, 4.69) is 25.9 Å². The predicted molar refractivity (Wildman–Crippen MR) is 128 cm³/mol. The van der Waals surface area contributed by atoms with Crippen LogP contribution in [0.3, 0.4) is 0 Å². The van der Waals surface area contributed by atoms with Crippen LogP contribution in [0.15, 0.2) is 47.8 Å². The molecule has 4 aromatic rings. The zero-order valence-electron chi connectivity index (χ0n) is 18.3. The summed E-state index contributed by atoms with van der Waals surface area (Å²) in [6, 6.07) is 7.73. The Hall–Kier alpha value is -3.81. The molecule has 166 valence electrons. The van der Waals surface area contributed by atoms with Crippen LogP contribution in [0, 0.1) is 0 Å². The Balaban J connectivity index is 1.45. The van der Waals surface area contributed by atoms with Crippen molar-refractivity contribution in [2.24, 2.45) is 4.99 Å². The van der Waals surface area contributed by atoms with E-state index >= 15 is 0 Å². The third-order valence-electron chi connectivity index (χ3n) is 6.36. The van der Waals surface area contributed by atoms with Gasteiger partial charge in [0.25, 0.3) is 0 Å². The first-order chi connectivity index (χ1) is 16.3. The molecule has 2 aliphatic heterocycles. The van der Waals surface area contributed by atoms with E-state index in [1.165, 1.54) is 25.5 Å². The number of piperidine rings is 1. The number of fused-ring (bicyclic) bond motifs is 2. The van der Waals surface area contributed by atoms with Crippen LogP contribution in [0.2, 0.25) is 0 Å². The average molecular weight is 440 g/mol. The number of aromatic nitrogens is 5. The van der Waals surface area contributed by atoms with Gasteiger partial charge in [0, 0.05) is 37.6 Å². The molecule has 0 atom stereocenters. The van der Waals surface area contributed by atoms with E-state index in [1.54, 1.807) is 12.3 Å². The molecule has 6 heterocycles. The summed E-state index contributed by atoms with van der Waals surface area (Å²) in [5, 5.41) is 9.86. The van der Waals surface area contributed by atoms with Gasteiger partial charge in [0.1, 0.15) is 17.0 Å². The third kappa shape index (κ3) is 3.71. The molecule has 1 saturated heterocycles. The van der Waals surface area contributed by atoms with Gasteiger partial charge in [-0.1, -0.05) is 6.07 Å². The second-order valence-electron chi connectivity index (χ2n) is 8.63. The fraction of sp³-hybridized carbons (Fsp3) is 0.320. The van der Waals surface area contributed by atoms with Crippen molar-refractivity contribution in [2.45, 2.75) is 32.1 Å². The lowest BCUT2D eigenvalue weighted by Crippen LogP contribution is -2.30. The number of nitrogens with zero attached hydrogens (tertiary/aromatic N) is 6. The van der Waals surface area contributed by atoms with Crippen LogP contribution in [0.1, 0.15) is 42.8 Å². The van der Waals surface area contributed by atoms with Crippen molar-refractivity contribution in [3.63, 3.8) is 0 Å². The Morgan fingerprint density at radius 2 is 1.88 bits per heavy atom. The summed E-state index contributed by atoms with van der Waals surface area (Å²) in [5.41, 5.74) is 6.12. The van der Waals surface area contributed by atoms with Crippen molar-refractivity contribution in [1.82, 2.24) is 24.9 Å². The molecule has 4 aromatic heterocycles. The highest BCUT2D eigenvalue weighted by Crippen LogP contribution is 2.28. The zero-order chi connectivity index (χ0) is 22.2. The number of hydrogen-bond donors (Lipinski definition) is 2. The van der Waals surface area contributed by atoms with Crippen LogP contribution in [-0.4, -0.2) is 55.4 Å². The molecule has 8 nitrogen and oxygen atoms in total. The maximum absolute atomic E-state index is 9.86. The van der Waals surface area contributed by atoms with Gasteiger partial charge in [0.05, 0.1) is 23.1 Å². The lowest BCUT2D eigenvalue weighted by atomic mass is 10.0. The zero-order valence-corrected chi connectivity index (χ0v) is 18.3. The molecule has 33 heavy (non-hydrogen) atoms. The fourth-order valence-corrected chi connectivity index (χ4v) is 4.72. The Bertz CT molecular complexity index is 1350. The fourth-order valence-electron chi connectivity index (χ4n) is 4.72. The molecule has 8 heteroatoms. The molecule has 0 bridgehead atoms. The van der Waals surface area contributed by atoms with Crippen molar-refractivity contribution in [3.05, 3.63) is 59.9 Å². The number of aliphatic imine (C=N–C) groups is 1. The van der Waals surface area contributed by atoms with Gasteiger partial charge >= 0.3 is 0 Å². The average Bonchev–Trinajstić information content (AvgIpc) is 3.17. The number of aryl methyl sites for hydroxylation is 1. The molecule has 6 rings (SSSR count). The van der Waals surface area contributed by atoms with Crippen molar-refractivity contribution in [3.8, 4) is 17.0 Å². The standard InChI is InChI=1S/C25H25N7O/c33-18-13-17(14-26-15-18)19-7-6-16-5-4-9-27-23(21(16)29-19)24-30-20-8-10-28-25(22(20)31-24)32-11-2-1-3-12-32/h6-8,10,13-15,33H,1-5,9,11-12H2,(H,30,31). The van der Waals surface area contributed by atoms with Gasteiger partial charge in [-0.3, -0.25) is 9.98 Å². The van der Waals surface area contributed by atoms with Crippen molar-refractivity contribution in [1.29, 1.82) is 0 Å². The third-order valence-corrected chi connectivity index (χ3v) is 6.36. The smallest absolute Gasteiger partial charge is 0.159 e. The van der Waals surface area contributed by atoms with E-state index in [9.17, 15) is 5.11 Å². The van der Waals surface area contributed by atoms with Crippen LogP contribution in [0.4, 0.5) is 5.82 Å². The van der Waals surface area contributed by atoms with Gasteiger partial charge in [0.2, 0.25) is 0 Å². The molecule has 0 spiro atoms. The number of H-pyrrole nitrogens is 1. The Morgan fingerprint density at radius 3 is 2.76 bits per heavy atom. The normalized spacial score (nSPS) is 16.4. The van der Waals surface area contributed by atoms with Crippen LogP contribution in [0.25, 0.3) is 22.3 Å². The van der Waals surface area contributed by atoms with Crippen LogP contribution in [-0.2, 0) is 6.42 Å². The number of anilines is 1. The molecular weight excluding hydrogens is 414 g/mol. The van der Waals surface area contributed by atoms with Gasteiger partial charge in [-0.15, -0.1) is 0 Å². The molecular formula is C25H25N7O. The van der Waals surface area contributed by atoms with Gasteiger partial charge < -0.3 is 15.0 Å². The molecule has 2 aliphatic rings. The quantitative estimate of drug-likeness (QED) is 0.502. The summed E-state index contributed by atoms with van der Waals surface area (Å²) < 4.78 is 0. The highest BCUT2D eigenvalue weighted by atomic mass is 16.3. The van der Waals surface area contributed by atoms with E-state index in [0.29, 0.717) is 0 Å². The Morgan fingerprint density at radius 1 is 0.970 bits per heavy atom. The molecule has 0 amide bonds. The summed E-state index contributed by atoms with van der Waals surface area (Å²) in [7, 11) is 0. The molecule has 2 N–H and O–H groups in total. The van der Waals surface area contributed by atoms with E-state index in [-0.39, 0.29) is 5.75 Å². The maximum atomic E-state index is 9.86. The first-order valence-electron chi connectivity index (χ1n) is 11.6. The molecule has 0 saturated carbocycles. The van der Waals surface area contributed by atoms with Gasteiger partial charge in [-0.25, -0.2) is 15.0 Å². The summed E-state index contributed by atoms with van der Waals surface area (Å²) in [4.78, 5) is 29.4. The van der Waals surface area contributed by atoms with Crippen LogP contribution in [0.5, 0.6) is 5.75 Å². The van der Waals surface area contributed by atoms with E-state index < -0.39 is 0 Å². The number of aromatic amines is 1. The number of imidazole rings is 1. The van der Waals surface area contributed by atoms with E-state index in [0.717, 1.165) is 83.4 Å². The topological polar surface area (TPSA) is 103 Å². The largest absolute Gasteiger partial charge is 0.506 e. The number of pyridine rings is 3. The molecule has 1 fully saturated rings. The Labute approximate surface area is 191 Å². The minimum atomic E-state index is 0.119. The SMILES string of the molecule is Oc1cncc(-c2ccc3c(n2)C(c2nc4c(N5CCCCC5)nccc4[nH]2)=NCCC3)c1. The number of aromatic hydroxyl groups is 1. The lowest BCUT2D eigenvalue weighted by Gasteiger charge is -2.27. The van der Waals surface area contributed by atoms with Crippen LogP contribution < -0.4 is 4.90 Å². The summed E-state index contributed by atoms with van der Waals surface area (Å²) in [5.74, 6) is 1.78. The second kappa shape index (κ2) is 8.27. The highest BCUT2D eigenvalue weighted by Gasteiger charge is 2.23. The van der Waals surface area contributed by atoms with Crippen molar-refractivity contribution in [2.75, 3.05) is 24.5 Å². The monoisotopic (exact) mass is 439 g/mol. The lowest BCUT2D eigenvalue weighted by molar-refractivity contribution is 0.473. The molecule has 0 aliphatic carbocycles. The van der Waals surface area contributed by atoms with Gasteiger partial charge in [0.15, 0.2) is 11.6 Å². The van der Waals surface area contributed by atoms with Gasteiger partial charge in [-0.2, -0.15) is 0 Å². The van der Waals surface area contributed by atoms with Crippen molar-refractivity contribution >= 4 is 22.6 Å². The Kier molecular flexibility index (Phi) is 4.97. The predicted octanol–water partition coefficient (Wildman–Crippen LogP) is 3.89. The van der Waals surface area contributed by atoms with E-state index in [1.807, 2.05) is 18.3 Å². The second-order valence-corrected chi connectivity index (χ2v) is 8.63. The minimum Gasteiger partial charge on any atom is -0.506 e. The first kappa shape index (κ1) is 19.8. The number of rotatable bonds is 3. The molecule has 0 radical (unpaired) electrons. The highest BCUT2D eigenvalue weighted by molar-refractivity contribution is 6.12. The number of hydrogen-bond acceptors (Lipinski definition) is 7. The molecule has 0 aromatic carbocycles. The maximum Gasteiger partial charge on any atom is 0.159 e. The summed E-state index contributed by atoms with van der Waals surface area (Å²) in [6.45, 7) is 2.75. The molecule has 0 unspecified atom stereocenters. The van der Waals surface area contributed by atoms with E-state index in [4.69, 9.17) is 15.0 Å². The summed E-state index contributed by atoms with van der Waals surface area (Å²) in [6.07, 6.45) is 10.5. The summed E-state index contributed by atoms with van der Waals surface area (Å²) >= 11 is 0.